The lowest BCUT2D eigenvalue weighted by molar-refractivity contribution is 0.862. The fourth-order valence-corrected chi connectivity index (χ4v) is 2.13. The van der Waals surface area contributed by atoms with Crippen molar-refractivity contribution in [1.82, 2.24) is 9.97 Å². The molecule has 1 rings (SSSR count). The van der Waals surface area contributed by atoms with Gasteiger partial charge < -0.3 is 4.98 Å². The Bertz CT molecular complexity index is 437. The van der Waals surface area contributed by atoms with Crippen LogP contribution in [0, 0.1) is 6.92 Å². The highest BCUT2D eigenvalue weighted by Gasteiger charge is 2.08. The molecule has 1 aromatic rings. The number of H-pyrrole nitrogens is 1. The van der Waals surface area contributed by atoms with Crippen LogP contribution < -0.4 is 5.56 Å². The Hall–Kier alpha value is -1.03. The summed E-state index contributed by atoms with van der Waals surface area (Å²) in [5.74, 6) is 0.974. The van der Waals surface area contributed by atoms with Crippen LogP contribution in [0.2, 0.25) is 0 Å². The van der Waals surface area contributed by atoms with Crippen molar-refractivity contribution < 1.29 is 0 Å². The third-order valence-electron chi connectivity index (χ3n) is 2.12. The van der Waals surface area contributed by atoms with Crippen LogP contribution in [0.25, 0.3) is 0 Å². The van der Waals surface area contributed by atoms with Gasteiger partial charge in [-0.1, -0.05) is 30.8 Å². The van der Waals surface area contributed by atoms with Crippen molar-refractivity contribution in [3.05, 3.63) is 33.8 Å². The lowest BCUT2D eigenvalue weighted by Gasteiger charge is -2.06. The minimum Gasteiger partial charge on any atom is -0.301 e. The highest BCUT2D eigenvalue weighted by molar-refractivity contribution is 7.99. The zero-order valence-electron chi connectivity index (χ0n) is 10.1. The zero-order valence-corrected chi connectivity index (χ0v) is 10.9. The number of aromatic amines is 1. The predicted molar refractivity (Wildman–Crippen MR) is 69.1 cm³/mol. The van der Waals surface area contributed by atoms with E-state index in [9.17, 15) is 4.79 Å². The molecule has 0 saturated heterocycles. The maximum Gasteiger partial charge on any atom is 0.255 e. The molecule has 0 aliphatic heterocycles. The molecule has 88 valence electrons. The minimum atomic E-state index is -0.0332. The highest BCUT2D eigenvalue weighted by Crippen LogP contribution is 2.14. The normalized spacial score (nSPS) is 10.4. The van der Waals surface area contributed by atoms with Crippen molar-refractivity contribution in [3.63, 3.8) is 0 Å². The molecule has 3 nitrogen and oxygen atoms in total. The van der Waals surface area contributed by atoms with Gasteiger partial charge in [-0.05, 0) is 20.3 Å². The van der Waals surface area contributed by atoms with Crippen LogP contribution >= 0.6 is 11.8 Å². The molecule has 0 unspecified atom stereocenters. The quantitative estimate of drug-likeness (QED) is 0.487. The molecule has 0 amide bonds. The molecule has 1 aromatic heterocycles. The maximum absolute atomic E-state index is 11.8. The van der Waals surface area contributed by atoms with Gasteiger partial charge in [0.2, 0.25) is 0 Å². The third kappa shape index (κ3) is 3.52. The molecule has 4 heteroatoms. The number of aromatic nitrogens is 2. The first-order valence-electron chi connectivity index (χ1n) is 5.41. The van der Waals surface area contributed by atoms with E-state index in [-0.39, 0.29) is 5.56 Å². The second kappa shape index (κ2) is 5.89. The van der Waals surface area contributed by atoms with Crippen molar-refractivity contribution in [2.45, 2.75) is 38.8 Å². The van der Waals surface area contributed by atoms with E-state index in [4.69, 9.17) is 0 Å². The Kier molecular flexibility index (Phi) is 4.80. The van der Waals surface area contributed by atoms with Crippen LogP contribution in [-0.4, -0.2) is 15.7 Å². The summed E-state index contributed by atoms with van der Waals surface area (Å²) in [5, 5.41) is 0.717. The Morgan fingerprint density at radius 1 is 1.56 bits per heavy atom. The number of thioether (sulfide) groups is 1. The van der Waals surface area contributed by atoms with Crippen LogP contribution in [0.3, 0.4) is 0 Å². The predicted octanol–water partition coefficient (Wildman–Crippen LogP) is 2.70. The van der Waals surface area contributed by atoms with Crippen LogP contribution in [-0.2, 0) is 6.42 Å². The largest absolute Gasteiger partial charge is 0.301 e. The van der Waals surface area contributed by atoms with Crippen molar-refractivity contribution in [3.8, 4) is 0 Å². The Morgan fingerprint density at radius 2 is 2.25 bits per heavy atom. The van der Waals surface area contributed by atoms with Crippen LogP contribution in [0.5, 0.6) is 0 Å². The first-order chi connectivity index (χ1) is 7.54. The number of nitrogens with one attached hydrogen (secondary N) is 1. The SMILES string of the molecule is C=C(C)Cc1c(C)nc(SCCC)[nH]c1=O. The number of hydrogen-bond donors (Lipinski definition) is 1. The van der Waals surface area contributed by atoms with E-state index in [0.717, 1.165) is 34.2 Å². The molecule has 0 fully saturated rings. The molecular weight excluding hydrogens is 220 g/mol. The second-order valence-corrected chi connectivity index (χ2v) is 5.00. The molecule has 0 radical (unpaired) electrons. The molecule has 0 atom stereocenters. The van der Waals surface area contributed by atoms with Gasteiger partial charge in [-0.25, -0.2) is 4.98 Å². The van der Waals surface area contributed by atoms with Crippen molar-refractivity contribution in [2.24, 2.45) is 0 Å². The van der Waals surface area contributed by atoms with Gasteiger partial charge in [0, 0.05) is 23.4 Å². The summed E-state index contributed by atoms with van der Waals surface area (Å²) >= 11 is 1.59. The summed E-state index contributed by atoms with van der Waals surface area (Å²) in [7, 11) is 0. The van der Waals surface area contributed by atoms with Gasteiger partial charge in [0.05, 0.1) is 0 Å². The summed E-state index contributed by atoms with van der Waals surface area (Å²) in [6, 6.07) is 0. The highest BCUT2D eigenvalue weighted by atomic mass is 32.2. The maximum atomic E-state index is 11.8. The van der Waals surface area contributed by atoms with Gasteiger partial charge in [0.1, 0.15) is 0 Å². The number of nitrogens with zero attached hydrogens (tertiary/aromatic N) is 1. The third-order valence-corrected chi connectivity index (χ3v) is 3.20. The monoisotopic (exact) mass is 238 g/mol. The number of hydrogen-bond acceptors (Lipinski definition) is 3. The lowest BCUT2D eigenvalue weighted by Crippen LogP contribution is -2.17. The van der Waals surface area contributed by atoms with Gasteiger partial charge in [-0.3, -0.25) is 4.79 Å². The summed E-state index contributed by atoms with van der Waals surface area (Å²) < 4.78 is 0. The molecular formula is C12H18N2OS. The lowest BCUT2D eigenvalue weighted by atomic mass is 10.1. The van der Waals surface area contributed by atoms with E-state index in [1.165, 1.54) is 0 Å². The molecule has 1 heterocycles. The molecule has 0 aliphatic rings. The summed E-state index contributed by atoms with van der Waals surface area (Å²) in [5.41, 5.74) is 2.48. The zero-order chi connectivity index (χ0) is 12.1. The average molecular weight is 238 g/mol. The van der Waals surface area contributed by atoms with Crippen LogP contribution in [0.1, 0.15) is 31.5 Å². The van der Waals surface area contributed by atoms with Crippen LogP contribution in [0.4, 0.5) is 0 Å². The first-order valence-corrected chi connectivity index (χ1v) is 6.40. The Balaban J connectivity index is 2.98. The van der Waals surface area contributed by atoms with Gasteiger partial charge in [0.15, 0.2) is 5.16 Å². The summed E-state index contributed by atoms with van der Waals surface area (Å²) in [6.45, 7) is 9.72. The molecule has 0 aliphatic carbocycles. The topological polar surface area (TPSA) is 45.8 Å². The van der Waals surface area contributed by atoms with Crippen LogP contribution in [0.15, 0.2) is 22.1 Å². The van der Waals surface area contributed by atoms with E-state index >= 15 is 0 Å². The van der Waals surface area contributed by atoms with E-state index in [1.807, 2.05) is 13.8 Å². The number of aryl methyl sites for hydroxylation is 1. The van der Waals surface area contributed by atoms with E-state index in [2.05, 4.69) is 23.5 Å². The fourth-order valence-electron chi connectivity index (χ4n) is 1.36. The van der Waals surface area contributed by atoms with E-state index in [1.54, 1.807) is 11.8 Å². The van der Waals surface area contributed by atoms with Gasteiger partial charge >= 0.3 is 0 Å². The molecule has 0 aromatic carbocycles. The second-order valence-electron chi connectivity index (χ2n) is 3.92. The summed E-state index contributed by atoms with van der Waals surface area (Å²) in [6.07, 6.45) is 1.67. The van der Waals surface area contributed by atoms with Gasteiger partial charge in [-0.2, -0.15) is 0 Å². The number of rotatable bonds is 5. The van der Waals surface area contributed by atoms with Gasteiger partial charge in [-0.15, -0.1) is 0 Å². The first kappa shape index (κ1) is 13.0. The smallest absolute Gasteiger partial charge is 0.255 e. The molecule has 1 N–H and O–H groups in total. The minimum absolute atomic E-state index is 0.0332. The summed E-state index contributed by atoms with van der Waals surface area (Å²) in [4.78, 5) is 19.0. The fraction of sp³-hybridized carbons (Fsp3) is 0.500. The molecule has 0 spiro atoms. The van der Waals surface area contributed by atoms with Crippen molar-refractivity contribution >= 4 is 11.8 Å². The van der Waals surface area contributed by atoms with E-state index < -0.39 is 0 Å². The van der Waals surface area contributed by atoms with Gasteiger partial charge in [0.25, 0.3) is 5.56 Å². The van der Waals surface area contributed by atoms with Crippen molar-refractivity contribution in [1.29, 1.82) is 0 Å². The number of allylic oxidation sites excluding steroid dienone is 1. The standard InChI is InChI=1S/C12H18N2OS/c1-5-6-16-12-13-9(4)10(7-8(2)3)11(15)14-12/h2,5-7H2,1,3-4H3,(H,13,14,15). The Labute approximate surface area is 100 Å². The Morgan fingerprint density at radius 3 is 2.75 bits per heavy atom. The molecule has 0 saturated carbocycles. The van der Waals surface area contributed by atoms with E-state index in [0.29, 0.717) is 6.42 Å². The van der Waals surface area contributed by atoms with Crippen molar-refractivity contribution in [2.75, 3.05) is 5.75 Å². The average Bonchev–Trinajstić information content (AvgIpc) is 2.20. The molecule has 0 bridgehead atoms. The molecule has 16 heavy (non-hydrogen) atoms.